The number of aliphatic carboxylic acids is 1. The number of urea groups is 1. The van der Waals surface area contributed by atoms with Gasteiger partial charge in [0.15, 0.2) is 0 Å². The van der Waals surface area contributed by atoms with E-state index >= 15 is 0 Å². The number of nitrogens with zero attached hydrogens (tertiary/aromatic N) is 2. The van der Waals surface area contributed by atoms with Gasteiger partial charge in [-0.2, -0.15) is 0 Å². The summed E-state index contributed by atoms with van der Waals surface area (Å²) < 4.78 is 0. The van der Waals surface area contributed by atoms with Gasteiger partial charge in [-0.05, 0) is 24.2 Å². The van der Waals surface area contributed by atoms with Gasteiger partial charge in [-0.25, -0.2) is 4.79 Å². The zero-order valence-corrected chi connectivity index (χ0v) is 12.2. The van der Waals surface area contributed by atoms with E-state index in [1.165, 1.54) is 0 Å². The van der Waals surface area contributed by atoms with Crippen LogP contribution in [0.1, 0.15) is 12.5 Å². The van der Waals surface area contributed by atoms with E-state index in [-0.39, 0.29) is 12.5 Å². The Kier molecular flexibility index (Phi) is 5.16. The third-order valence-electron chi connectivity index (χ3n) is 3.67. The highest BCUT2D eigenvalue weighted by Gasteiger charge is 2.19. The summed E-state index contributed by atoms with van der Waals surface area (Å²) in [6, 6.07) is 6.81. The highest BCUT2D eigenvalue weighted by molar-refractivity contribution is 5.89. The minimum absolute atomic E-state index is 0.00674. The van der Waals surface area contributed by atoms with Crippen LogP contribution in [0.3, 0.4) is 0 Å². The number of hydrogen-bond acceptors (Lipinski definition) is 3. The Bertz CT molecular complexity index is 493. The fourth-order valence-corrected chi connectivity index (χ4v) is 2.35. The Hall–Kier alpha value is -2.08. The standard InChI is InChI=1S/C15H21N3O3/c1-2-17-7-9-18(10-8-17)15(21)16-13-5-3-12(4-6-13)11-14(19)20/h3-6H,2,7-11H2,1H3,(H,16,21)(H,19,20). The van der Waals surface area contributed by atoms with E-state index < -0.39 is 5.97 Å². The average Bonchev–Trinajstić information content (AvgIpc) is 2.49. The van der Waals surface area contributed by atoms with Gasteiger partial charge in [0.2, 0.25) is 0 Å². The minimum Gasteiger partial charge on any atom is -0.481 e. The van der Waals surface area contributed by atoms with Crippen LogP contribution >= 0.6 is 0 Å². The van der Waals surface area contributed by atoms with Crippen molar-refractivity contribution in [3.8, 4) is 0 Å². The Balaban J connectivity index is 1.86. The van der Waals surface area contributed by atoms with E-state index in [2.05, 4.69) is 17.1 Å². The van der Waals surface area contributed by atoms with Gasteiger partial charge in [-0.15, -0.1) is 0 Å². The third-order valence-corrected chi connectivity index (χ3v) is 3.67. The van der Waals surface area contributed by atoms with Crippen LogP contribution in [0.15, 0.2) is 24.3 Å². The van der Waals surface area contributed by atoms with Crippen molar-refractivity contribution in [2.24, 2.45) is 0 Å². The molecule has 0 bridgehead atoms. The SMILES string of the molecule is CCN1CCN(C(=O)Nc2ccc(CC(=O)O)cc2)CC1. The topological polar surface area (TPSA) is 72.9 Å². The normalized spacial score (nSPS) is 15.8. The third kappa shape index (κ3) is 4.46. The number of rotatable bonds is 4. The molecule has 0 radical (unpaired) electrons. The van der Waals surface area contributed by atoms with E-state index in [1.54, 1.807) is 29.2 Å². The lowest BCUT2D eigenvalue weighted by Crippen LogP contribution is -2.49. The molecule has 0 saturated carbocycles. The summed E-state index contributed by atoms with van der Waals surface area (Å²) in [7, 11) is 0. The molecular formula is C15H21N3O3. The van der Waals surface area contributed by atoms with Crippen molar-refractivity contribution in [1.82, 2.24) is 9.80 Å². The number of likely N-dealkylation sites (N-methyl/N-ethyl adjacent to an activating group) is 1. The van der Waals surface area contributed by atoms with Gasteiger partial charge >= 0.3 is 12.0 Å². The molecule has 6 heteroatoms. The zero-order chi connectivity index (χ0) is 15.2. The number of nitrogens with one attached hydrogen (secondary N) is 1. The molecule has 0 aliphatic carbocycles. The molecule has 1 aromatic carbocycles. The van der Waals surface area contributed by atoms with Crippen LogP contribution in [0, 0.1) is 0 Å². The van der Waals surface area contributed by atoms with Crippen LogP contribution in [-0.2, 0) is 11.2 Å². The molecule has 2 amide bonds. The van der Waals surface area contributed by atoms with Gasteiger partial charge in [0, 0.05) is 31.9 Å². The molecule has 0 unspecified atom stereocenters. The van der Waals surface area contributed by atoms with E-state index in [1.807, 2.05) is 0 Å². The summed E-state index contributed by atoms with van der Waals surface area (Å²) >= 11 is 0. The first-order valence-electron chi connectivity index (χ1n) is 7.17. The summed E-state index contributed by atoms with van der Waals surface area (Å²) in [6.07, 6.45) is -0.00674. The number of anilines is 1. The van der Waals surface area contributed by atoms with Crippen LogP contribution in [-0.4, -0.2) is 59.6 Å². The number of carbonyl (C=O) groups excluding carboxylic acids is 1. The molecule has 0 spiro atoms. The first-order chi connectivity index (χ1) is 10.1. The van der Waals surface area contributed by atoms with Crippen molar-refractivity contribution in [2.45, 2.75) is 13.3 Å². The largest absolute Gasteiger partial charge is 0.481 e. The van der Waals surface area contributed by atoms with Crippen LogP contribution in [0.25, 0.3) is 0 Å². The highest BCUT2D eigenvalue weighted by Crippen LogP contribution is 2.12. The van der Waals surface area contributed by atoms with Gasteiger partial charge in [-0.3, -0.25) is 4.79 Å². The molecule has 0 atom stereocenters. The molecule has 1 saturated heterocycles. The summed E-state index contributed by atoms with van der Waals surface area (Å²) in [5.41, 5.74) is 1.41. The van der Waals surface area contributed by atoms with E-state index in [0.29, 0.717) is 5.69 Å². The van der Waals surface area contributed by atoms with Crippen LogP contribution in [0.5, 0.6) is 0 Å². The first-order valence-corrected chi connectivity index (χ1v) is 7.17. The number of benzene rings is 1. The van der Waals surface area contributed by atoms with E-state index in [0.717, 1.165) is 38.3 Å². The molecular weight excluding hydrogens is 270 g/mol. The number of amides is 2. The van der Waals surface area contributed by atoms with Crippen molar-refractivity contribution >= 4 is 17.7 Å². The lowest BCUT2D eigenvalue weighted by Gasteiger charge is -2.33. The van der Waals surface area contributed by atoms with Crippen molar-refractivity contribution in [2.75, 3.05) is 38.0 Å². The number of carboxylic acid groups (broad SMARTS) is 1. The lowest BCUT2D eigenvalue weighted by molar-refractivity contribution is -0.136. The maximum atomic E-state index is 12.1. The molecule has 21 heavy (non-hydrogen) atoms. The average molecular weight is 291 g/mol. The van der Waals surface area contributed by atoms with Crippen LogP contribution in [0.2, 0.25) is 0 Å². The second-order valence-corrected chi connectivity index (χ2v) is 5.12. The van der Waals surface area contributed by atoms with Crippen molar-refractivity contribution in [1.29, 1.82) is 0 Å². The number of hydrogen-bond donors (Lipinski definition) is 2. The number of piperazine rings is 1. The van der Waals surface area contributed by atoms with Gasteiger partial charge in [0.05, 0.1) is 6.42 Å². The molecule has 114 valence electrons. The summed E-state index contributed by atoms with van der Waals surface area (Å²) in [5, 5.41) is 11.6. The Morgan fingerprint density at radius 1 is 1.14 bits per heavy atom. The Morgan fingerprint density at radius 3 is 2.29 bits per heavy atom. The van der Waals surface area contributed by atoms with Gasteiger partial charge in [0.1, 0.15) is 0 Å². The fourth-order valence-electron chi connectivity index (χ4n) is 2.35. The maximum Gasteiger partial charge on any atom is 0.321 e. The molecule has 2 N–H and O–H groups in total. The Morgan fingerprint density at radius 2 is 1.76 bits per heavy atom. The van der Waals surface area contributed by atoms with E-state index in [9.17, 15) is 9.59 Å². The summed E-state index contributed by atoms with van der Waals surface area (Å²) in [4.78, 5) is 26.8. The fraction of sp³-hybridized carbons (Fsp3) is 0.467. The minimum atomic E-state index is -0.861. The van der Waals surface area contributed by atoms with Gasteiger partial charge in [0.25, 0.3) is 0 Å². The van der Waals surface area contributed by atoms with Crippen molar-refractivity contribution in [3.05, 3.63) is 29.8 Å². The quantitative estimate of drug-likeness (QED) is 0.881. The number of carbonyl (C=O) groups is 2. The van der Waals surface area contributed by atoms with Crippen molar-refractivity contribution < 1.29 is 14.7 Å². The van der Waals surface area contributed by atoms with Crippen LogP contribution < -0.4 is 5.32 Å². The highest BCUT2D eigenvalue weighted by atomic mass is 16.4. The van der Waals surface area contributed by atoms with Crippen molar-refractivity contribution in [3.63, 3.8) is 0 Å². The molecule has 1 fully saturated rings. The molecule has 1 aliphatic rings. The second kappa shape index (κ2) is 7.08. The van der Waals surface area contributed by atoms with Gasteiger partial charge < -0.3 is 20.2 Å². The second-order valence-electron chi connectivity index (χ2n) is 5.12. The molecule has 1 aliphatic heterocycles. The molecule has 2 rings (SSSR count). The van der Waals surface area contributed by atoms with Gasteiger partial charge in [-0.1, -0.05) is 19.1 Å². The molecule has 0 aromatic heterocycles. The lowest BCUT2D eigenvalue weighted by atomic mass is 10.1. The number of carboxylic acids is 1. The Labute approximate surface area is 124 Å². The summed E-state index contributed by atoms with van der Waals surface area (Å²) in [5.74, 6) is -0.861. The monoisotopic (exact) mass is 291 g/mol. The predicted molar refractivity (Wildman–Crippen MR) is 80.5 cm³/mol. The maximum absolute atomic E-state index is 12.1. The molecule has 6 nitrogen and oxygen atoms in total. The van der Waals surface area contributed by atoms with Crippen LogP contribution in [0.4, 0.5) is 10.5 Å². The molecule has 1 aromatic rings. The van der Waals surface area contributed by atoms with E-state index in [4.69, 9.17) is 5.11 Å². The zero-order valence-electron chi connectivity index (χ0n) is 12.2. The predicted octanol–water partition coefficient (Wildman–Crippen LogP) is 1.48. The molecule has 1 heterocycles. The smallest absolute Gasteiger partial charge is 0.321 e. The summed E-state index contributed by atoms with van der Waals surface area (Å²) in [6.45, 7) is 6.41. The first kappa shape index (κ1) is 15.3.